The molecule has 1 aliphatic heterocycles. The van der Waals surface area contributed by atoms with Gasteiger partial charge >= 0.3 is 6.03 Å². The first kappa shape index (κ1) is 15.4. The van der Waals surface area contributed by atoms with Gasteiger partial charge in [0.1, 0.15) is 21.7 Å². The standard InChI is InChI=1S/C13H15FN2O4S/c1-9-12(17)15(7-8-21(2,19)20)13(18)16(9)11-5-3-10(14)4-6-11/h3-6,9H,7-8H2,1-2H3. The second-order valence-corrected chi connectivity index (χ2v) is 7.18. The molecule has 0 saturated carbocycles. The van der Waals surface area contributed by atoms with Crippen molar-refractivity contribution in [2.24, 2.45) is 0 Å². The number of carbonyl (C=O) groups excluding carboxylic acids is 2. The highest BCUT2D eigenvalue weighted by Gasteiger charge is 2.43. The van der Waals surface area contributed by atoms with Crippen molar-refractivity contribution >= 4 is 27.5 Å². The molecule has 6 nitrogen and oxygen atoms in total. The van der Waals surface area contributed by atoms with Gasteiger partial charge in [-0.05, 0) is 31.2 Å². The van der Waals surface area contributed by atoms with E-state index in [1.165, 1.54) is 29.2 Å². The van der Waals surface area contributed by atoms with Crippen LogP contribution >= 0.6 is 0 Å². The molecule has 3 amide bonds. The number of halogens is 1. The summed E-state index contributed by atoms with van der Waals surface area (Å²) in [6.45, 7) is 1.36. The van der Waals surface area contributed by atoms with Crippen LogP contribution in [0.2, 0.25) is 0 Å². The van der Waals surface area contributed by atoms with Gasteiger partial charge in [-0.2, -0.15) is 0 Å². The Morgan fingerprint density at radius 1 is 1.19 bits per heavy atom. The maximum absolute atomic E-state index is 12.9. The zero-order valence-corrected chi connectivity index (χ0v) is 12.4. The topological polar surface area (TPSA) is 74.8 Å². The molecule has 0 spiro atoms. The molecule has 1 saturated heterocycles. The van der Waals surface area contributed by atoms with Gasteiger partial charge in [0.2, 0.25) is 0 Å². The van der Waals surface area contributed by atoms with E-state index in [9.17, 15) is 22.4 Å². The lowest BCUT2D eigenvalue weighted by Gasteiger charge is -2.19. The third-order valence-electron chi connectivity index (χ3n) is 3.24. The summed E-state index contributed by atoms with van der Waals surface area (Å²) < 4.78 is 35.3. The number of benzene rings is 1. The van der Waals surface area contributed by atoms with Gasteiger partial charge in [0.15, 0.2) is 0 Å². The Morgan fingerprint density at radius 3 is 2.29 bits per heavy atom. The number of rotatable bonds is 4. The van der Waals surface area contributed by atoms with Crippen LogP contribution in [0.15, 0.2) is 24.3 Å². The number of anilines is 1. The molecule has 1 fully saturated rings. The van der Waals surface area contributed by atoms with Crippen molar-refractivity contribution in [1.29, 1.82) is 0 Å². The maximum atomic E-state index is 12.9. The second-order valence-electron chi connectivity index (χ2n) is 4.92. The molecule has 0 N–H and O–H groups in total. The van der Waals surface area contributed by atoms with E-state index in [0.717, 1.165) is 11.2 Å². The summed E-state index contributed by atoms with van der Waals surface area (Å²) in [4.78, 5) is 26.5. The fourth-order valence-electron chi connectivity index (χ4n) is 2.12. The summed E-state index contributed by atoms with van der Waals surface area (Å²) in [6, 6.07) is 3.84. The Morgan fingerprint density at radius 2 is 1.76 bits per heavy atom. The SMILES string of the molecule is CC1C(=O)N(CCS(C)(=O)=O)C(=O)N1c1ccc(F)cc1. The number of nitrogens with zero attached hydrogens (tertiary/aromatic N) is 2. The van der Waals surface area contributed by atoms with Crippen molar-refractivity contribution in [2.45, 2.75) is 13.0 Å². The van der Waals surface area contributed by atoms with Gasteiger partial charge in [-0.1, -0.05) is 0 Å². The highest BCUT2D eigenvalue weighted by molar-refractivity contribution is 7.90. The van der Waals surface area contributed by atoms with Crippen LogP contribution in [0.3, 0.4) is 0 Å². The predicted molar refractivity (Wildman–Crippen MR) is 75.2 cm³/mol. The van der Waals surface area contributed by atoms with Crippen LogP contribution in [0.1, 0.15) is 6.92 Å². The van der Waals surface area contributed by atoms with Gasteiger partial charge in [0.25, 0.3) is 5.91 Å². The van der Waals surface area contributed by atoms with Crippen LogP contribution in [0.4, 0.5) is 14.9 Å². The fraction of sp³-hybridized carbons (Fsp3) is 0.385. The molecule has 1 unspecified atom stereocenters. The first-order valence-corrected chi connectivity index (χ1v) is 8.34. The van der Waals surface area contributed by atoms with Gasteiger partial charge in [-0.15, -0.1) is 0 Å². The van der Waals surface area contributed by atoms with E-state index >= 15 is 0 Å². The summed E-state index contributed by atoms with van der Waals surface area (Å²) >= 11 is 0. The van der Waals surface area contributed by atoms with E-state index in [0.29, 0.717) is 5.69 Å². The normalized spacial score (nSPS) is 19.5. The summed E-state index contributed by atoms with van der Waals surface area (Å²) in [5.74, 6) is -1.19. The molecule has 1 aromatic rings. The minimum absolute atomic E-state index is 0.182. The van der Waals surface area contributed by atoms with Crippen molar-refractivity contribution in [1.82, 2.24) is 4.90 Å². The van der Waals surface area contributed by atoms with Crippen molar-refractivity contribution in [3.8, 4) is 0 Å². The highest BCUT2D eigenvalue weighted by atomic mass is 32.2. The average Bonchev–Trinajstić information content (AvgIpc) is 2.59. The number of sulfone groups is 1. The average molecular weight is 314 g/mol. The van der Waals surface area contributed by atoms with Crippen LogP contribution in [0.5, 0.6) is 0 Å². The molecule has 0 bridgehead atoms. The molecule has 2 rings (SSSR count). The number of urea groups is 1. The molecule has 1 heterocycles. The Kier molecular flexibility index (Phi) is 3.99. The maximum Gasteiger partial charge on any atom is 0.332 e. The van der Waals surface area contributed by atoms with Gasteiger partial charge in [0.05, 0.1) is 5.75 Å². The van der Waals surface area contributed by atoms with E-state index in [1.807, 2.05) is 0 Å². The van der Waals surface area contributed by atoms with Crippen molar-refractivity contribution in [3.63, 3.8) is 0 Å². The zero-order chi connectivity index (χ0) is 15.8. The van der Waals surface area contributed by atoms with Gasteiger partial charge in [0, 0.05) is 18.5 Å². The summed E-state index contributed by atoms with van der Waals surface area (Å²) in [5.41, 5.74) is 0.393. The Hall–Kier alpha value is -1.96. The quantitative estimate of drug-likeness (QED) is 0.778. The summed E-state index contributed by atoms with van der Waals surface area (Å²) in [7, 11) is -3.28. The van der Waals surface area contributed by atoms with Crippen LogP contribution in [-0.2, 0) is 14.6 Å². The molecule has 0 aliphatic carbocycles. The number of amides is 3. The molecular weight excluding hydrogens is 299 g/mol. The zero-order valence-electron chi connectivity index (χ0n) is 11.6. The lowest BCUT2D eigenvalue weighted by molar-refractivity contribution is -0.126. The van der Waals surface area contributed by atoms with Crippen LogP contribution < -0.4 is 4.90 Å². The van der Waals surface area contributed by atoms with E-state index in [2.05, 4.69) is 0 Å². The van der Waals surface area contributed by atoms with Crippen LogP contribution in [0.25, 0.3) is 0 Å². The Labute approximate surface area is 122 Å². The molecule has 21 heavy (non-hydrogen) atoms. The molecule has 0 radical (unpaired) electrons. The first-order valence-electron chi connectivity index (χ1n) is 6.28. The number of hydrogen-bond acceptors (Lipinski definition) is 4. The van der Waals surface area contributed by atoms with E-state index in [4.69, 9.17) is 0 Å². The van der Waals surface area contributed by atoms with Gasteiger partial charge in [-0.3, -0.25) is 14.6 Å². The number of hydrogen-bond donors (Lipinski definition) is 0. The van der Waals surface area contributed by atoms with Crippen molar-refractivity contribution in [2.75, 3.05) is 23.5 Å². The minimum atomic E-state index is -3.28. The molecule has 1 aliphatic rings. The first-order chi connectivity index (χ1) is 9.70. The summed E-state index contributed by atoms with van der Waals surface area (Å²) in [5, 5.41) is 0. The summed E-state index contributed by atoms with van der Waals surface area (Å²) in [6.07, 6.45) is 1.04. The van der Waals surface area contributed by atoms with Crippen LogP contribution in [-0.4, -0.2) is 49.9 Å². The predicted octanol–water partition coefficient (Wildman–Crippen LogP) is 1.03. The smallest absolute Gasteiger partial charge is 0.282 e. The molecule has 1 aromatic carbocycles. The van der Waals surface area contributed by atoms with E-state index < -0.39 is 33.6 Å². The second kappa shape index (κ2) is 5.44. The highest BCUT2D eigenvalue weighted by Crippen LogP contribution is 2.25. The molecule has 0 aromatic heterocycles. The molecular formula is C13H15FN2O4S. The minimum Gasteiger partial charge on any atom is -0.282 e. The number of imide groups is 1. The Bertz CT molecular complexity index is 672. The lowest BCUT2D eigenvalue weighted by Crippen LogP contribution is -2.36. The van der Waals surface area contributed by atoms with E-state index in [1.54, 1.807) is 6.92 Å². The van der Waals surface area contributed by atoms with Crippen molar-refractivity contribution in [3.05, 3.63) is 30.1 Å². The number of carbonyl (C=O) groups is 2. The largest absolute Gasteiger partial charge is 0.332 e. The van der Waals surface area contributed by atoms with Crippen LogP contribution in [0, 0.1) is 5.82 Å². The van der Waals surface area contributed by atoms with E-state index in [-0.39, 0.29) is 12.3 Å². The monoisotopic (exact) mass is 314 g/mol. The molecule has 8 heteroatoms. The van der Waals surface area contributed by atoms with Gasteiger partial charge in [-0.25, -0.2) is 17.6 Å². The lowest BCUT2D eigenvalue weighted by atomic mass is 10.2. The third-order valence-corrected chi connectivity index (χ3v) is 4.16. The fourth-order valence-corrected chi connectivity index (χ4v) is 2.64. The Balaban J connectivity index is 2.24. The molecule has 114 valence electrons. The van der Waals surface area contributed by atoms with Crippen molar-refractivity contribution < 1.29 is 22.4 Å². The van der Waals surface area contributed by atoms with Gasteiger partial charge < -0.3 is 0 Å². The third kappa shape index (κ3) is 3.21. The molecule has 1 atom stereocenters.